The molecule has 0 aliphatic carbocycles. The second-order valence-corrected chi connectivity index (χ2v) is 5.34. The minimum Gasteiger partial charge on any atom is -0.379 e. The first-order valence-corrected chi connectivity index (χ1v) is 7.08. The molecule has 2 unspecified atom stereocenters. The Kier molecular flexibility index (Phi) is 4.78. The van der Waals surface area contributed by atoms with Gasteiger partial charge in [0.2, 0.25) is 0 Å². The van der Waals surface area contributed by atoms with Crippen LogP contribution in [0.2, 0.25) is 0 Å². The molecule has 1 aromatic rings. The third-order valence-corrected chi connectivity index (χ3v) is 3.56. The maximum absolute atomic E-state index is 5.66. The van der Waals surface area contributed by atoms with E-state index < -0.39 is 0 Å². The van der Waals surface area contributed by atoms with Crippen molar-refractivity contribution in [1.82, 2.24) is 14.9 Å². The third-order valence-electron chi connectivity index (χ3n) is 3.56. The monoisotopic (exact) mass is 251 g/mol. The van der Waals surface area contributed by atoms with Crippen LogP contribution in [-0.4, -0.2) is 35.4 Å². The lowest BCUT2D eigenvalue weighted by Crippen LogP contribution is -2.44. The molecule has 0 aromatic carbocycles. The summed E-state index contributed by atoms with van der Waals surface area (Å²) in [4.78, 5) is 4.49. The lowest BCUT2D eigenvalue weighted by Gasteiger charge is -2.34. The fourth-order valence-electron chi connectivity index (χ4n) is 2.62. The standard InChI is InChI=1S/C14H25N3O/c1-4-6-15-12-5-9-18-10-13(12)17-8-7-16-14(17)11(2)3/h7-8,11-13,15H,4-6,9-10H2,1-3H3. The van der Waals surface area contributed by atoms with Crippen molar-refractivity contribution in [3.05, 3.63) is 18.2 Å². The molecule has 1 fully saturated rings. The van der Waals surface area contributed by atoms with E-state index in [-0.39, 0.29) is 0 Å². The summed E-state index contributed by atoms with van der Waals surface area (Å²) < 4.78 is 7.96. The SMILES string of the molecule is CCCNC1CCOCC1n1ccnc1C(C)C. The van der Waals surface area contributed by atoms with E-state index in [1.807, 2.05) is 6.20 Å². The molecule has 1 aliphatic heterocycles. The minimum absolute atomic E-state index is 0.380. The molecule has 0 bridgehead atoms. The highest BCUT2D eigenvalue weighted by molar-refractivity contribution is 5.02. The summed E-state index contributed by atoms with van der Waals surface area (Å²) >= 11 is 0. The Morgan fingerprint density at radius 2 is 2.39 bits per heavy atom. The van der Waals surface area contributed by atoms with Crippen LogP contribution in [0.25, 0.3) is 0 Å². The van der Waals surface area contributed by atoms with Crippen molar-refractivity contribution >= 4 is 0 Å². The second-order valence-electron chi connectivity index (χ2n) is 5.34. The van der Waals surface area contributed by atoms with Gasteiger partial charge in [0.05, 0.1) is 12.6 Å². The van der Waals surface area contributed by atoms with Gasteiger partial charge in [0.25, 0.3) is 0 Å². The van der Waals surface area contributed by atoms with Crippen LogP contribution in [0.4, 0.5) is 0 Å². The van der Waals surface area contributed by atoms with Crippen LogP contribution >= 0.6 is 0 Å². The number of nitrogens with one attached hydrogen (secondary N) is 1. The van der Waals surface area contributed by atoms with Crippen LogP contribution in [0, 0.1) is 0 Å². The predicted molar refractivity (Wildman–Crippen MR) is 72.9 cm³/mol. The number of aromatic nitrogens is 2. The van der Waals surface area contributed by atoms with E-state index in [1.54, 1.807) is 0 Å². The smallest absolute Gasteiger partial charge is 0.111 e. The Bertz CT molecular complexity index is 362. The summed E-state index contributed by atoms with van der Waals surface area (Å²) in [5, 5.41) is 3.65. The molecule has 1 aromatic heterocycles. The Labute approximate surface area is 110 Å². The molecule has 1 N–H and O–H groups in total. The van der Waals surface area contributed by atoms with Crippen LogP contribution in [0.3, 0.4) is 0 Å². The second kappa shape index (κ2) is 6.34. The van der Waals surface area contributed by atoms with Crippen LogP contribution in [-0.2, 0) is 4.74 Å². The molecule has 2 rings (SSSR count). The van der Waals surface area contributed by atoms with Gasteiger partial charge in [-0.25, -0.2) is 4.98 Å². The zero-order valence-corrected chi connectivity index (χ0v) is 11.7. The highest BCUT2D eigenvalue weighted by Crippen LogP contribution is 2.24. The number of rotatable bonds is 5. The van der Waals surface area contributed by atoms with Gasteiger partial charge >= 0.3 is 0 Å². The first-order valence-electron chi connectivity index (χ1n) is 7.08. The van der Waals surface area contributed by atoms with Crippen molar-refractivity contribution in [2.75, 3.05) is 19.8 Å². The largest absolute Gasteiger partial charge is 0.379 e. The molecule has 0 spiro atoms. The van der Waals surface area contributed by atoms with Crippen LogP contribution in [0.15, 0.2) is 12.4 Å². The van der Waals surface area contributed by atoms with Crippen LogP contribution in [0.5, 0.6) is 0 Å². The Morgan fingerprint density at radius 1 is 1.56 bits per heavy atom. The summed E-state index contributed by atoms with van der Waals surface area (Å²) in [6, 6.07) is 0.885. The number of nitrogens with zero attached hydrogens (tertiary/aromatic N) is 2. The number of hydrogen-bond donors (Lipinski definition) is 1. The van der Waals surface area contributed by atoms with Crippen LogP contribution < -0.4 is 5.32 Å². The van der Waals surface area contributed by atoms with Gasteiger partial charge in [0, 0.05) is 31.0 Å². The van der Waals surface area contributed by atoms with Crippen molar-refractivity contribution in [2.45, 2.75) is 51.6 Å². The third kappa shape index (κ3) is 2.93. The normalized spacial score (nSPS) is 24.7. The highest BCUT2D eigenvalue weighted by Gasteiger charge is 2.28. The van der Waals surface area contributed by atoms with Gasteiger partial charge in [0.1, 0.15) is 5.82 Å². The van der Waals surface area contributed by atoms with Crippen LogP contribution in [0.1, 0.15) is 51.4 Å². The Balaban J connectivity index is 2.14. The number of imidazole rings is 1. The first kappa shape index (κ1) is 13.6. The average molecular weight is 251 g/mol. The molecule has 2 atom stereocenters. The maximum atomic E-state index is 5.66. The molecule has 0 radical (unpaired) electrons. The molecule has 4 heteroatoms. The Morgan fingerprint density at radius 3 is 3.11 bits per heavy atom. The molecule has 1 aliphatic rings. The molecular formula is C14H25N3O. The zero-order valence-electron chi connectivity index (χ0n) is 11.7. The van der Waals surface area contributed by atoms with E-state index in [4.69, 9.17) is 4.74 Å². The quantitative estimate of drug-likeness (QED) is 0.873. The van der Waals surface area contributed by atoms with E-state index in [0.717, 1.165) is 32.0 Å². The van der Waals surface area contributed by atoms with E-state index in [9.17, 15) is 0 Å². The van der Waals surface area contributed by atoms with Gasteiger partial charge in [-0.2, -0.15) is 0 Å². The summed E-state index contributed by atoms with van der Waals surface area (Å²) in [6.45, 7) is 9.32. The van der Waals surface area contributed by atoms with E-state index in [2.05, 4.69) is 41.8 Å². The minimum atomic E-state index is 0.380. The summed E-state index contributed by atoms with van der Waals surface area (Å²) in [6.07, 6.45) is 6.25. The van der Waals surface area contributed by atoms with Crippen molar-refractivity contribution in [3.8, 4) is 0 Å². The van der Waals surface area contributed by atoms with Gasteiger partial charge in [-0.05, 0) is 19.4 Å². The lowest BCUT2D eigenvalue weighted by molar-refractivity contribution is 0.0359. The van der Waals surface area contributed by atoms with Gasteiger partial charge in [-0.1, -0.05) is 20.8 Å². The molecule has 0 amide bonds. The lowest BCUT2D eigenvalue weighted by atomic mass is 10.0. The fourth-order valence-corrected chi connectivity index (χ4v) is 2.62. The number of hydrogen-bond acceptors (Lipinski definition) is 3. The zero-order chi connectivity index (χ0) is 13.0. The molecule has 1 saturated heterocycles. The molecule has 18 heavy (non-hydrogen) atoms. The topological polar surface area (TPSA) is 39.1 Å². The van der Waals surface area contributed by atoms with Gasteiger partial charge in [-0.15, -0.1) is 0 Å². The van der Waals surface area contributed by atoms with E-state index in [0.29, 0.717) is 18.0 Å². The first-order chi connectivity index (χ1) is 8.74. The maximum Gasteiger partial charge on any atom is 0.111 e. The fraction of sp³-hybridized carbons (Fsp3) is 0.786. The molecule has 102 valence electrons. The van der Waals surface area contributed by atoms with E-state index >= 15 is 0 Å². The van der Waals surface area contributed by atoms with Gasteiger partial charge in [0.15, 0.2) is 0 Å². The van der Waals surface area contributed by atoms with Crippen molar-refractivity contribution in [3.63, 3.8) is 0 Å². The van der Waals surface area contributed by atoms with Crippen molar-refractivity contribution in [2.24, 2.45) is 0 Å². The van der Waals surface area contributed by atoms with Crippen molar-refractivity contribution < 1.29 is 4.74 Å². The van der Waals surface area contributed by atoms with Gasteiger partial charge < -0.3 is 14.6 Å². The van der Waals surface area contributed by atoms with E-state index in [1.165, 1.54) is 6.42 Å². The molecule has 4 nitrogen and oxygen atoms in total. The average Bonchev–Trinajstić information content (AvgIpc) is 2.86. The highest BCUT2D eigenvalue weighted by atomic mass is 16.5. The summed E-state index contributed by atoms with van der Waals surface area (Å²) in [7, 11) is 0. The molecule has 0 saturated carbocycles. The predicted octanol–water partition coefficient (Wildman–Crippen LogP) is 2.34. The molecule has 2 heterocycles. The van der Waals surface area contributed by atoms with Gasteiger partial charge in [-0.3, -0.25) is 0 Å². The van der Waals surface area contributed by atoms with Crippen molar-refractivity contribution in [1.29, 1.82) is 0 Å². The molecular weight excluding hydrogens is 226 g/mol. The summed E-state index contributed by atoms with van der Waals surface area (Å²) in [5.41, 5.74) is 0. The Hall–Kier alpha value is -0.870. The number of ether oxygens (including phenoxy) is 1. The summed E-state index contributed by atoms with van der Waals surface area (Å²) in [5.74, 6) is 1.61.